The molecule has 0 aliphatic carbocycles. The molecule has 1 unspecified atom stereocenters. The Morgan fingerprint density at radius 2 is 2.33 bits per heavy atom. The number of hydrogen-bond donors (Lipinski definition) is 0. The maximum atomic E-state index is 11.6. The molecule has 0 saturated heterocycles. The van der Waals surface area contributed by atoms with Crippen molar-refractivity contribution in [1.82, 2.24) is 4.98 Å². The number of amides is 1. The fourth-order valence-corrected chi connectivity index (χ4v) is 1.79. The Labute approximate surface area is 85.6 Å². The molecule has 2 aliphatic heterocycles. The van der Waals surface area contributed by atoms with Gasteiger partial charge in [-0.25, -0.2) is 4.98 Å². The van der Waals surface area contributed by atoms with Crippen molar-refractivity contribution in [1.29, 1.82) is 0 Å². The molecule has 74 valence electrons. The fourth-order valence-electron chi connectivity index (χ4n) is 1.79. The molecule has 0 spiro atoms. The number of carbonyl (C=O) groups excluding carboxylic acids is 1. The average molecular weight is 200 g/mol. The van der Waals surface area contributed by atoms with Crippen LogP contribution in [0.2, 0.25) is 0 Å². The Morgan fingerprint density at radius 1 is 1.47 bits per heavy atom. The summed E-state index contributed by atoms with van der Waals surface area (Å²) in [6.45, 7) is 1.89. The molecule has 3 heterocycles. The lowest BCUT2D eigenvalue weighted by Gasteiger charge is -2.07. The van der Waals surface area contributed by atoms with Crippen molar-refractivity contribution in [2.45, 2.75) is 13.0 Å². The first-order chi connectivity index (χ1) is 7.25. The summed E-state index contributed by atoms with van der Waals surface area (Å²) in [5.41, 5.74) is 1.01. The van der Waals surface area contributed by atoms with Gasteiger partial charge in [0.15, 0.2) is 5.49 Å². The Bertz CT molecular complexity index is 601. The van der Waals surface area contributed by atoms with E-state index in [1.807, 2.05) is 13.0 Å². The lowest BCUT2D eigenvalue weighted by Crippen LogP contribution is -2.35. The predicted octanol–water partition coefficient (Wildman–Crippen LogP) is -0.305. The van der Waals surface area contributed by atoms with E-state index < -0.39 is 0 Å². The van der Waals surface area contributed by atoms with Gasteiger partial charge < -0.3 is 4.74 Å². The maximum Gasteiger partial charge on any atom is 0.282 e. The Balaban J connectivity index is 2.44. The summed E-state index contributed by atoms with van der Waals surface area (Å²) in [5.74, 6) is 0.353. The van der Waals surface area contributed by atoms with E-state index in [0.29, 0.717) is 16.8 Å². The second-order valence-electron chi connectivity index (χ2n) is 3.52. The SMILES string of the molecule is CC1C=C2C(=O)N=c3ncccc3=C2O1. The summed E-state index contributed by atoms with van der Waals surface area (Å²) < 4.78 is 5.57. The molecule has 0 fully saturated rings. The van der Waals surface area contributed by atoms with Crippen LogP contribution in [0.25, 0.3) is 5.76 Å². The predicted molar refractivity (Wildman–Crippen MR) is 52.1 cm³/mol. The highest BCUT2D eigenvalue weighted by Crippen LogP contribution is 2.24. The van der Waals surface area contributed by atoms with Crippen LogP contribution in [0.3, 0.4) is 0 Å². The summed E-state index contributed by atoms with van der Waals surface area (Å²) in [6, 6.07) is 3.67. The van der Waals surface area contributed by atoms with Crippen molar-refractivity contribution in [3.63, 3.8) is 0 Å². The first-order valence-electron chi connectivity index (χ1n) is 4.73. The van der Waals surface area contributed by atoms with Gasteiger partial charge in [0, 0.05) is 6.20 Å². The standard InChI is InChI=1S/C11H8N2O2/c1-6-5-8-9(15-6)7-3-2-4-12-10(7)13-11(8)14/h2-6H,1H3. The fraction of sp³-hybridized carbons (Fsp3) is 0.182. The van der Waals surface area contributed by atoms with E-state index >= 15 is 0 Å². The van der Waals surface area contributed by atoms with Gasteiger partial charge in [0.2, 0.25) is 0 Å². The number of carbonyl (C=O) groups is 1. The van der Waals surface area contributed by atoms with Gasteiger partial charge in [0.25, 0.3) is 5.91 Å². The molecule has 15 heavy (non-hydrogen) atoms. The Kier molecular flexibility index (Phi) is 1.54. The Morgan fingerprint density at radius 3 is 3.20 bits per heavy atom. The summed E-state index contributed by atoms with van der Waals surface area (Å²) in [6.07, 6.45) is 3.33. The van der Waals surface area contributed by atoms with Crippen LogP contribution < -0.4 is 10.7 Å². The van der Waals surface area contributed by atoms with Crippen molar-refractivity contribution < 1.29 is 9.53 Å². The van der Waals surface area contributed by atoms with Crippen LogP contribution in [0.5, 0.6) is 0 Å². The smallest absolute Gasteiger partial charge is 0.282 e. The second-order valence-corrected chi connectivity index (χ2v) is 3.52. The number of fused-ring (bicyclic) bond motifs is 2. The van der Waals surface area contributed by atoms with Gasteiger partial charge in [-0.3, -0.25) is 4.79 Å². The summed E-state index contributed by atoms with van der Waals surface area (Å²) in [5, 5.41) is 0.799. The van der Waals surface area contributed by atoms with Crippen LogP contribution in [-0.2, 0) is 9.53 Å². The molecular weight excluding hydrogens is 192 g/mol. The molecule has 2 aliphatic rings. The topological polar surface area (TPSA) is 51.5 Å². The van der Waals surface area contributed by atoms with Crippen LogP contribution in [0.15, 0.2) is 35.0 Å². The van der Waals surface area contributed by atoms with Gasteiger partial charge in [-0.15, -0.1) is 0 Å². The third-order valence-electron chi connectivity index (χ3n) is 2.42. The minimum absolute atomic E-state index is 0.0692. The van der Waals surface area contributed by atoms with E-state index in [1.165, 1.54) is 0 Å². The molecule has 1 aromatic rings. The first-order valence-corrected chi connectivity index (χ1v) is 4.73. The van der Waals surface area contributed by atoms with Gasteiger partial charge in [-0.1, -0.05) is 0 Å². The van der Waals surface area contributed by atoms with E-state index in [1.54, 1.807) is 18.3 Å². The molecule has 1 aromatic heterocycles. The van der Waals surface area contributed by atoms with Crippen LogP contribution >= 0.6 is 0 Å². The van der Waals surface area contributed by atoms with Crippen LogP contribution in [-0.4, -0.2) is 17.0 Å². The zero-order chi connectivity index (χ0) is 10.4. The van der Waals surface area contributed by atoms with E-state index in [2.05, 4.69) is 9.98 Å². The van der Waals surface area contributed by atoms with Crippen molar-refractivity contribution in [3.8, 4) is 0 Å². The molecule has 1 amide bonds. The van der Waals surface area contributed by atoms with E-state index in [-0.39, 0.29) is 12.0 Å². The molecule has 0 saturated carbocycles. The number of aromatic nitrogens is 1. The molecule has 4 heteroatoms. The van der Waals surface area contributed by atoms with Crippen molar-refractivity contribution in [3.05, 3.63) is 40.7 Å². The molecule has 0 N–H and O–H groups in total. The van der Waals surface area contributed by atoms with E-state index in [9.17, 15) is 4.79 Å². The lowest BCUT2D eigenvalue weighted by molar-refractivity contribution is -0.114. The van der Waals surface area contributed by atoms with E-state index in [4.69, 9.17) is 4.74 Å². The van der Waals surface area contributed by atoms with Crippen LogP contribution in [0.4, 0.5) is 0 Å². The zero-order valence-corrected chi connectivity index (χ0v) is 8.10. The monoisotopic (exact) mass is 200 g/mol. The summed E-state index contributed by atoms with van der Waals surface area (Å²) in [4.78, 5) is 19.6. The van der Waals surface area contributed by atoms with Crippen molar-refractivity contribution in [2.75, 3.05) is 0 Å². The van der Waals surface area contributed by atoms with Gasteiger partial charge in [-0.2, -0.15) is 4.99 Å². The molecule has 0 radical (unpaired) electrons. The van der Waals surface area contributed by atoms with Crippen LogP contribution in [0.1, 0.15) is 6.92 Å². The first kappa shape index (κ1) is 8.35. The quantitative estimate of drug-likeness (QED) is 0.577. The normalized spacial score (nSPS) is 22.5. The largest absolute Gasteiger partial charge is 0.485 e. The lowest BCUT2D eigenvalue weighted by atomic mass is 10.1. The van der Waals surface area contributed by atoms with E-state index in [0.717, 1.165) is 5.22 Å². The number of hydrogen-bond acceptors (Lipinski definition) is 3. The highest BCUT2D eigenvalue weighted by Gasteiger charge is 2.28. The molecule has 1 atom stereocenters. The minimum Gasteiger partial charge on any atom is -0.485 e. The number of rotatable bonds is 0. The van der Waals surface area contributed by atoms with Gasteiger partial charge in [-0.05, 0) is 25.1 Å². The summed E-state index contributed by atoms with van der Waals surface area (Å²) >= 11 is 0. The third-order valence-corrected chi connectivity index (χ3v) is 2.42. The highest BCUT2D eigenvalue weighted by molar-refractivity contribution is 6.06. The van der Waals surface area contributed by atoms with Gasteiger partial charge in [0.1, 0.15) is 11.9 Å². The minimum atomic E-state index is -0.263. The van der Waals surface area contributed by atoms with Gasteiger partial charge >= 0.3 is 0 Å². The maximum absolute atomic E-state index is 11.6. The molecule has 0 bridgehead atoms. The average Bonchev–Trinajstić information content (AvgIpc) is 2.61. The zero-order valence-electron chi connectivity index (χ0n) is 8.10. The summed E-state index contributed by atoms with van der Waals surface area (Å²) in [7, 11) is 0. The molecule has 3 rings (SSSR count). The highest BCUT2D eigenvalue weighted by atomic mass is 16.5. The number of pyridine rings is 1. The second kappa shape index (κ2) is 2.76. The third kappa shape index (κ3) is 1.11. The number of ether oxygens (including phenoxy) is 1. The van der Waals surface area contributed by atoms with Gasteiger partial charge in [0.05, 0.1) is 10.8 Å². The Hall–Kier alpha value is -1.97. The van der Waals surface area contributed by atoms with Crippen LogP contribution in [0, 0.1) is 0 Å². The molecule has 4 nitrogen and oxygen atoms in total. The molecule has 0 aromatic carbocycles. The number of nitrogens with zero attached hydrogens (tertiary/aromatic N) is 2. The van der Waals surface area contributed by atoms with Crippen molar-refractivity contribution in [2.24, 2.45) is 4.99 Å². The van der Waals surface area contributed by atoms with Crippen molar-refractivity contribution >= 4 is 11.7 Å². The molecular formula is C11H8N2O2.